The quantitative estimate of drug-likeness (QED) is 0.699. The molecule has 1 N–H and O–H groups in total. The van der Waals surface area contributed by atoms with Gasteiger partial charge >= 0.3 is 5.97 Å². The number of aliphatic carboxylic acids is 1. The van der Waals surface area contributed by atoms with Crippen LogP contribution in [-0.2, 0) is 19.4 Å². The molecular formula is C10H19NO5S. The van der Waals surface area contributed by atoms with Gasteiger partial charge in [-0.1, -0.05) is 13.8 Å². The highest BCUT2D eigenvalue weighted by molar-refractivity contribution is 7.92. The largest absolute Gasteiger partial charge is 0.481 e. The molecule has 17 heavy (non-hydrogen) atoms. The van der Waals surface area contributed by atoms with Crippen molar-refractivity contribution in [3.8, 4) is 0 Å². The summed E-state index contributed by atoms with van der Waals surface area (Å²) in [6.07, 6.45) is -0.188. The zero-order chi connectivity index (χ0) is 13.6. The lowest BCUT2D eigenvalue weighted by molar-refractivity contribution is -0.137. The van der Waals surface area contributed by atoms with E-state index in [1.807, 2.05) is 0 Å². The van der Waals surface area contributed by atoms with E-state index in [1.54, 1.807) is 13.8 Å². The average Bonchev–Trinajstić information content (AvgIpc) is 2.10. The third kappa shape index (κ3) is 7.73. The number of hydrogen-bond donors (Lipinski definition) is 1. The van der Waals surface area contributed by atoms with Crippen LogP contribution in [0.4, 0.5) is 0 Å². The van der Waals surface area contributed by atoms with E-state index in [0.29, 0.717) is 0 Å². The summed E-state index contributed by atoms with van der Waals surface area (Å²) in [7, 11) is -2.00. The zero-order valence-corrected chi connectivity index (χ0v) is 11.2. The van der Waals surface area contributed by atoms with Gasteiger partial charge in [0.05, 0.1) is 12.2 Å². The fourth-order valence-corrected chi connectivity index (χ4v) is 2.98. The maximum Gasteiger partial charge on any atom is 0.305 e. The summed E-state index contributed by atoms with van der Waals surface area (Å²) in [5.41, 5.74) is 0. The molecule has 0 bridgehead atoms. The second-order valence-electron chi connectivity index (χ2n) is 4.41. The Labute approximate surface area is 102 Å². The number of carboxylic acid groups (broad SMARTS) is 1. The maximum absolute atomic E-state index is 11.5. The van der Waals surface area contributed by atoms with Crippen LogP contribution in [0.1, 0.15) is 20.3 Å². The third-order valence-electron chi connectivity index (χ3n) is 2.02. The van der Waals surface area contributed by atoms with Gasteiger partial charge < -0.3 is 10.0 Å². The molecule has 1 amide bonds. The molecule has 0 saturated carbocycles. The lowest BCUT2D eigenvalue weighted by atomic mass is 10.3. The van der Waals surface area contributed by atoms with Crippen molar-refractivity contribution in [3.05, 3.63) is 0 Å². The van der Waals surface area contributed by atoms with Gasteiger partial charge in [0.15, 0.2) is 9.84 Å². The lowest BCUT2D eigenvalue weighted by Gasteiger charge is -2.16. The van der Waals surface area contributed by atoms with Crippen LogP contribution in [0.5, 0.6) is 0 Å². The van der Waals surface area contributed by atoms with Crippen molar-refractivity contribution in [1.82, 2.24) is 4.90 Å². The zero-order valence-electron chi connectivity index (χ0n) is 10.3. The minimum atomic E-state index is -3.40. The first-order valence-corrected chi connectivity index (χ1v) is 7.12. The standard InChI is InChI=1S/C10H19NO5S/c1-8(2)6-17(15,16)7-9(12)11(3)5-4-10(13)14/h8H,4-7H2,1-3H3,(H,13,14). The molecule has 0 fully saturated rings. The number of rotatable bonds is 7. The van der Waals surface area contributed by atoms with Gasteiger partial charge in [-0.15, -0.1) is 0 Å². The van der Waals surface area contributed by atoms with E-state index in [-0.39, 0.29) is 24.6 Å². The van der Waals surface area contributed by atoms with Gasteiger partial charge in [-0.05, 0) is 5.92 Å². The summed E-state index contributed by atoms with van der Waals surface area (Å²) in [4.78, 5) is 22.9. The van der Waals surface area contributed by atoms with Gasteiger partial charge in [0.25, 0.3) is 0 Å². The van der Waals surface area contributed by atoms with Crippen molar-refractivity contribution < 1.29 is 23.1 Å². The number of amides is 1. The van der Waals surface area contributed by atoms with Crippen LogP contribution in [0.15, 0.2) is 0 Å². The molecule has 0 heterocycles. The fourth-order valence-electron chi connectivity index (χ4n) is 1.25. The smallest absolute Gasteiger partial charge is 0.305 e. The van der Waals surface area contributed by atoms with E-state index in [0.717, 1.165) is 4.90 Å². The molecule has 0 atom stereocenters. The first-order valence-electron chi connectivity index (χ1n) is 5.30. The highest BCUT2D eigenvalue weighted by Gasteiger charge is 2.20. The molecular weight excluding hydrogens is 246 g/mol. The minimum Gasteiger partial charge on any atom is -0.481 e. The van der Waals surface area contributed by atoms with Crippen LogP contribution in [0.3, 0.4) is 0 Å². The van der Waals surface area contributed by atoms with Crippen LogP contribution < -0.4 is 0 Å². The van der Waals surface area contributed by atoms with Crippen LogP contribution in [0.2, 0.25) is 0 Å². The van der Waals surface area contributed by atoms with Crippen LogP contribution in [0.25, 0.3) is 0 Å². The Bertz CT molecular complexity index is 374. The summed E-state index contributed by atoms with van der Waals surface area (Å²) in [5, 5.41) is 8.44. The lowest BCUT2D eigenvalue weighted by Crippen LogP contribution is -2.35. The van der Waals surface area contributed by atoms with E-state index in [2.05, 4.69) is 0 Å². The van der Waals surface area contributed by atoms with E-state index in [4.69, 9.17) is 5.11 Å². The van der Waals surface area contributed by atoms with Crippen molar-refractivity contribution in [2.45, 2.75) is 20.3 Å². The third-order valence-corrected chi connectivity index (χ3v) is 3.88. The summed E-state index contributed by atoms with van der Waals surface area (Å²) < 4.78 is 23.1. The molecule has 0 rings (SSSR count). The van der Waals surface area contributed by atoms with Crippen LogP contribution in [-0.4, -0.2) is 55.4 Å². The molecule has 0 aromatic heterocycles. The molecule has 0 aliphatic rings. The van der Waals surface area contributed by atoms with Gasteiger partial charge in [-0.2, -0.15) is 0 Å². The highest BCUT2D eigenvalue weighted by atomic mass is 32.2. The number of carbonyl (C=O) groups excluding carboxylic acids is 1. The molecule has 0 radical (unpaired) electrons. The molecule has 7 heteroatoms. The molecule has 0 aliphatic heterocycles. The second kappa shape index (κ2) is 6.58. The fraction of sp³-hybridized carbons (Fsp3) is 0.800. The van der Waals surface area contributed by atoms with E-state index in [9.17, 15) is 18.0 Å². The molecule has 0 aromatic rings. The molecule has 0 saturated heterocycles. The van der Waals surface area contributed by atoms with E-state index >= 15 is 0 Å². The van der Waals surface area contributed by atoms with Crippen molar-refractivity contribution in [1.29, 1.82) is 0 Å². The van der Waals surface area contributed by atoms with Crippen LogP contribution >= 0.6 is 0 Å². The predicted molar refractivity (Wildman–Crippen MR) is 63.4 cm³/mol. The average molecular weight is 265 g/mol. The molecule has 0 aliphatic carbocycles. The van der Waals surface area contributed by atoms with Gasteiger partial charge in [0.2, 0.25) is 5.91 Å². The van der Waals surface area contributed by atoms with Crippen molar-refractivity contribution in [3.63, 3.8) is 0 Å². The number of carbonyl (C=O) groups is 2. The highest BCUT2D eigenvalue weighted by Crippen LogP contribution is 2.02. The Balaban J connectivity index is 4.29. The minimum absolute atomic E-state index is 0.0192. The first-order chi connectivity index (χ1) is 7.64. The van der Waals surface area contributed by atoms with Gasteiger partial charge in [0, 0.05) is 13.6 Å². The summed E-state index contributed by atoms with van der Waals surface area (Å²) in [6, 6.07) is 0. The van der Waals surface area contributed by atoms with Crippen LogP contribution in [0, 0.1) is 5.92 Å². The number of hydrogen-bond acceptors (Lipinski definition) is 4. The molecule has 0 unspecified atom stereocenters. The van der Waals surface area contributed by atoms with E-state index < -0.39 is 27.5 Å². The Morgan fingerprint density at radius 2 is 1.82 bits per heavy atom. The monoisotopic (exact) mass is 265 g/mol. The van der Waals surface area contributed by atoms with Crippen molar-refractivity contribution in [2.24, 2.45) is 5.92 Å². The second-order valence-corrected chi connectivity index (χ2v) is 6.52. The summed E-state index contributed by atoms with van der Waals surface area (Å²) in [6.45, 7) is 3.54. The number of sulfone groups is 1. The Morgan fingerprint density at radius 1 is 1.29 bits per heavy atom. The summed E-state index contributed by atoms with van der Waals surface area (Å²) in [5.74, 6) is -2.20. The summed E-state index contributed by atoms with van der Waals surface area (Å²) >= 11 is 0. The molecule has 6 nitrogen and oxygen atoms in total. The number of carboxylic acids is 1. The Hall–Kier alpha value is -1.11. The molecule has 0 aromatic carbocycles. The molecule has 100 valence electrons. The number of nitrogens with zero attached hydrogens (tertiary/aromatic N) is 1. The SMILES string of the molecule is CC(C)CS(=O)(=O)CC(=O)N(C)CCC(=O)O. The van der Waals surface area contributed by atoms with Gasteiger partial charge in [0.1, 0.15) is 5.75 Å². The first kappa shape index (κ1) is 15.9. The maximum atomic E-state index is 11.5. The Morgan fingerprint density at radius 3 is 2.24 bits per heavy atom. The topological polar surface area (TPSA) is 91.8 Å². The Kier molecular flexibility index (Phi) is 6.15. The predicted octanol–water partition coefficient (Wildman–Crippen LogP) is -0.00970. The van der Waals surface area contributed by atoms with Crippen molar-refractivity contribution >= 4 is 21.7 Å². The van der Waals surface area contributed by atoms with Gasteiger partial charge in [-0.3, -0.25) is 9.59 Å². The van der Waals surface area contributed by atoms with Gasteiger partial charge in [-0.25, -0.2) is 8.42 Å². The normalized spacial score (nSPS) is 11.5. The molecule has 0 spiro atoms. The van der Waals surface area contributed by atoms with Crippen molar-refractivity contribution in [2.75, 3.05) is 25.1 Å². The van der Waals surface area contributed by atoms with E-state index in [1.165, 1.54) is 7.05 Å².